The van der Waals surface area contributed by atoms with Gasteiger partial charge in [-0.05, 0) is 70.2 Å². The highest BCUT2D eigenvalue weighted by Crippen LogP contribution is 2.71. The van der Waals surface area contributed by atoms with E-state index in [4.69, 9.17) is 9.47 Å². The maximum atomic E-state index is 14.5. The van der Waals surface area contributed by atoms with Crippen molar-refractivity contribution < 1.29 is 29.0 Å². The summed E-state index contributed by atoms with van der Waals surface area (Å²) in [4.78, 5) is 45.1. The summed E-state index contributed by atoms with van der Waals surface area (Å²) in [6.07, 6.45) is 5.18. The van der Waals surface area contributed by atoms with E-state index in [-0.39, 0.29) is 37.5 Å². The standard InChI is InChI=1S/C28H38N2O6S/c1-5-16-29(19-10-12-20(35-4)13-11-19)25(33)23-28-15-14-27(3,37-28)22(26(34)36-6-2)21(28)24(32)30(23)17-8-7-9-18-31/h5,10-13,21-23,31H,1,6-9,14-18H2,2-4H3/t21-,22-,23?,27+,28?/m0/s1. The van der Waals surface area contributed by atoms with Crippen molar-refractivity contribution in [1.29, 1.82) is 0 Å². The van der Waals surface area contributed by atoms with Gasteiger partial charge in [0.2, 0.25) is 5.91 Å². The van der Waals surface area contributed by atoms with Crippen LogP contribution in [-0.4, -0.2) is 76.7 Å². The molecule has 1 aromatic carbocycles. The number of benzene rings is 1. The zero-order chi connectivity index (χ0) is 26.8. The summed E-state index contributed by atoms with van der Waals surface area (Å²) in [5, 5.41) is 9.22. The van der Waals surface area contributed by atoms with E-state index in [1.165, 1.54) is 0 Å². The van der Waals surface area contributed by atoms with Gasteiger partial charge >= 0.3 is 5.97 Å². The monoisotopic (exact) mass is 530 g/mol. The van der Waals surface area contributed by atoms with E-state index in [2.05, 4.69) is 6.58 Å². The molecule has 1 N–H and O–H groups in total. The lowest BCUT2D eigenvalue weighted by Gasteiger charge is -2.37. The molecule has 0 aromatic heterocycles. The Morgan fingerprint density at radius 1 is 1.24 bits per heavy atom. The van der Waals surface area contributed by atoms with Gasteiger partial charge in [0.1, 0.15) is 11.8 Å². The highest BCUT2D eigenvalue weighted by Gasteiger charge is 2.77. The van der Waals surface area contributed by atoms with E-state index < -0.39 is 27.4 Å². The number of carbonyl (C=O) groups excluding carboxylic acids is 3. The van der Waals surface area contributed by atoms with E-state index in [9.17, 15) is 19.5 Å². The zero-order valence-corrected chi connectivity index (χ0v) is 22.8. The van der Waals surface area contributed by atoms with Gasteiger partial charge in [-0.1, -0.05) is 6.08 Å². The third kappa shape index (κ3) is 4.65. The molecule has 3 aliphatic rings. The van der Waals surface area contributed by atoms with Crippen LogP contribution in [0.25, 0.3) is 0 Å². The molecule has 3 heterocycles. The number of likely N-dealkylation sites (tertiary alicyclic amines) is 1. The van der Waals surface area contributed by atoms with Gasteiger partial charge in [0.15, 0.2) is 0 Å². The van der Waals surface area contributed by atoms with Crippen LogP contribution in [0.4, 0.5) is 5.69 Å². The molecule has 0 aliphatic carbocycles. The van der Waals surface area contributed by atoms with Crippen molar-refractivity contribution in [2.75, 3.05) is 38.3 Å². The van der Waals surface area contributed by atoms with E-state index in [1.807, 2.05) is 19.1 Å². The van der Waals surface area contributed by atoms with Crippen LogP contribution in [0, 0.1) is 11.8 Å². The van der Waals surface area contributed by atoms with Gasteiger partial charge in [0, 0.05) is 30.1 Å². The number of rotatable bonds is 12. The first kappa shape index (κ1) is 27.5. The summed E-state index contributed by atoms with van der Waals surface area (Å²) in [5.41, 5.74) is 0.698. The van der Waals surface area contributed by atoms with Gasteiger partial charge in [-0.15, -0.1) is 18.3 Å². The number of nitrogens with zero attached hydrogens (tertiary/aromatic N) is 2. The Kier molecular flexibility index (Phi) is 8.23. The van der Waals surface area contributed by atoms with Crippen LogP contribution in [-0.2, 0) is 19.1 Å². The number of fused-ring (bicyclic) bond motifs is 1. The maximum absolute atomic E-state index is 14.5. The molecule has 37 heavy (non-hydrogen) atoms. The van der Waals surface area contributed by atoms with Gasteiger partial charge < -0.3 is 24.4 Å². The van der Waals surface area contributed by atoms with Crippen LogP contribution in [0.5, 0.6) is 5.75 Å². The van der Waals surface area contributed by atoms with Crippen LogP contribution in [0.1, 0.15) is 46.0 Å². The molecule has 0 radical (unpaired) electrons. The lowest BCUT2D eigenvalue weighted by Crippen LogP contribution is -2.55. The van der Waals surface area contributed by atoms with Crippen LogP contribution >= 0.6 is 11.8 Å². The third-order valence-electron chi connectivity index (χ3n) is 8.07. The molecule has 3 fully saturated rings. The van der Waals surface area contributed by atoms with Gasteiger partial charge in [-0.25, -0.2) is 0 Å². The van der Waals surface area contributed by atoms with Crippen molar-refractivity contribution in [1.82, 2.24) is 4.90 Å². The molecule has 5 atom stereocenters. The van der Waals surface area contributed by atoms with Crippen molar-refractivity contribution in [3.05, 3.63) is 36.9 Å². The van der Waals surface area contributed by atoms with E-state index >= 15 is 0 Å². The molecule has 3 saturated heterocycles. The molecule has 9 heteroatoms. The highest BCUT2D eigenvalue weighted by atomic mass is 32.2. The minimum Gasteiger partial charge on any atom is -0.497 e. The summed E-state index contributed by atoms with van der Waals surface area (Å²) >= 11 is 1.64. The number of thioether (sulfide) groups is 1. The molecule has 1 aromatic rings. The molecular formula is C28H38N2O6S. The molecule has 202 valence electrons. The van der Waals surface area contributed by atoms with E-state index in [0.717, 1.165) is 12.8 Å². The van der Waals surface area contributed by atoms with Gasteiger partial charge in [-0.3, -0.25) is 14.4 Å². The van der Waals surface area contributed by atoms with Crippen LogP contribution in [0.3, 0.4) is 0 Å². The normalized spacial score (nSPS) is 29.8. The van der Waals surface area contributed by atoms with E-state index in [0.29, 0.717) is 37.2 Å². The third-order valence-corrected chi connectivity index (χ3v) is 10.1. The minimum atomic E-state index is -0.701. The van der Waals surface area contributed by atoms with Crippen molar-refractivity contribution in [3.8, 4) is 5.75 Å². The molecule has 4 rings (SSSR count). The molecule has 8 nitrogen and oxygen atoms in total. The highest BCUT2D eigenvalue weighted by molar-refractivity contribution is 8.02. The number of carbonyl (C=O) groups is 3. The number of methoxy groups -OCH3 is 1. The first-order valence-corrected chi connectivity index (χ1v) is 13.9. The molecule has 0 saturated carbocycles. The summed E-state index contributed by atoms with van der Waals surface area (Å²) in [6.45, 7) is 8.71. The summed E-state index contributed by atoms with van der Waals surface area (Å²) in [7, 11) is 1.59. The average molecular weight is 531 g/mol. The van der Waals surface area contributed by atoms with Crippen molar-refractivity contribution >= 4 is 35.2 Å². The molecule has 2 unspecified atom stereocenters. The Labute approximate surface area is 223 Å². The van der Waals surface area contributed by atoms with Crippen molar-refractivity contribution in [2.45, 2.75) is 61.5 Å². The first-order valence-electron chi connectivity index (χ1n) is 13.1. The largest absolute Gasteiger partial charge is 0.497 e. The van der Waals surface area contributed by atoms with Crippen LogP contribution in [0.15, 0.2) is 36.9 Å². The quantitative estimate of drug-likeness (QED) is 0.251. The van der Waals surface area contributed by atoms with Gasteiger partial charge in [-0.2, -0.15) is 0 Å². The predicted molar refractivity (Wildman–Crippen MR) is 144 cm³/mol. The number of aliphatic hydroxyl groups excluding tert-OH is 1. The fourth-order valence-corrected chi connectivity index (χ4v) is 8.81. The summed E-state index contributed by atoms with van der Waals surface area (Å²) in [5.74, 6) is -1.13. The molecule has 1 spiro atoms. The number of ether oxygens (including phenoxy) is 2. The predicted octanol–water partition coefficient (Wildman–Crippen LogP) is 3.42. The second kappa shape index (κ2) is 11.1. The molecule has 2 bridgehead atoms. The topological polar surface area (TPSA) is 96.4 Å². The fourth-order valence-electron chi connectivity index (χ4n) is 6.47. The number of aliphatic hydroxyl groups is 1. The number of hydrogen-bond acceptors (Lipinski definition) is 7. The molecule has 2 amide bonds. The van der Waals surface area contributed by atoms with Crippen molar-refractivity contribution in [3.63, 3.8) is 0 Å². The lowest BCUT2D eigenvalue weighted by atomic mass is 9.66. The maximum Gasteiger partial charge on any atom is 0.311 e. The zero-order valence-electron chi connectivity index (χ0n) is 22.0. The molecule has 3 aliphatic heterocycles. The van der Waals surface area contributed by atoms with Crippen LogP contribution in [0.2, 0.25) is 0 Å². The molecular weight excluding hydrogens is 492 g/mol. The first-order chi connectivity index (χ1) is 17.8. The summed E-state index contributed by atoms with van der Waals surface area (Å²) in [6, 6.07) is 6.58. The van der Waals surface area contributed by atoms with Gasteiger partial charge in [0.25, 0.3) is 5.91 Å². The number of unbranched alkanes of at least 4 members (excludes halogenated alkanes) is 2. The van der Waals surface area contributed by atoms with E-state index in [1.54, 1.807) is 53.8 Å². The van der Waals surface area contributed by atoms with Gasteiger partial charge in [0.05, 0.1) is 30.3 Å². The second-order valence-corrected chi connectivity index (χ2v) is 12.1. The SMILES string of the molecule is C=CCN(C(=O)C1N(CCCCCO)C(=O)[C@@H]2[C@@H](C(=O)OCC)[C@@]3(C)CCC12S3)c1ccc(OC)cc1. The lowest BCUT2D eigenvalue weighted by molar-refractivity contribution is -0.155. The Balaban J connectivity index is 1.74. The minimum absolute atomic E-state index is 0.0899. The smallest absolute Gasteiger partial charge is 0.311 e. The van der Waals surface area contributed by atoms with Crippen molar-refractivity contribution in [2.24, 2.45) is 11.8 Å². The Bertz CT molecular complexity index is 1030. The second-order valence-electron chi connectivity index (χ2n) is 10.2. The number of anilines is 1. The Morgan fingerprint density at radius 2 is 1.97 bits per heavy atom. The number of esters is 1. The Hall–Kier alpha value is -2.52. The summed E-state index contributed by atoms with van der Waals surface area (Å²) < 4.78 is 9.59. The Morgan fingerprint density at radius 3 is 2.59 bits per heavy atom. The number of amides is 2. The van der Waals surface area contributed by atoms with Crippen LogP contribution < -0.4 is 9.64 Å². The fraction of sp³-hybridized carbons (Fsp3) is 0.607. The number of hydrogen-bond donors (Lipinski definition) is 1. The average Bonchev–Trinajstić information content (AvgIpc) is 3.46.